The lowest BCUT2D eigenvalue weighted by Gasteiger charge is -2.33. The number of carbonyl (C=O) groups excluding carboxylic acids is 2. The number of rotatable bonds is 3. The van der Waals surface area contributed by atoms with E-state index < -0.39 is 17.9 Å². The predicted octanol–water partition coefficient (Wildman–Crippen LogP) is 2.22. The Morgan fingerprint density at radius 2 is 2.16 bits per heavy atom. The summed E-state index contributed by atoms with van der Waals surface area (Å²) in [7, 11) is 0. The molecule has 6 nitrogen and oxygen atoms in total. The molecule has 1 aliphatic heterocycles. The van der Waals surface area contributed by atoms with Gasteiger partial charge in [0.2, 0.25) is 0 Å². The van der Waals surface area contributed by atoms with Crippen molar-refractivity contribution >= 4 is 28.4 Å². The van der Waals surface area contributed by atoms with Crippen LogP contribution in [0.5, 0.6) is 0 Å². The van der Waals surface area contributed by atoms with Gasteiger partial charge in [-0.1, -0.05) is 6.07 Å². The minimum atomic E-state index is -0.625. The average Bonchev–Trinajstić information content (AvgIpc) is 3.03. The number of nitrogens with one attached hydrogen (secondary N) is 1. The molecule has 1 fully saturated rings. The summed E-state index contributed by atoms with van der Waals surface area (Å²) in [6.45, 7) is 5.63. The van der Waals surface area contributed by atoms with E-state index in [-0.39, 0.29) is 5.92 Å². The summed E-state index contributed by atoms with van der Waals surface area (Å²) in [6, 6.07) is 7.66. The first-order chi connectivity index (χ1) is 12.0. The summed E-state index contributed by atoms with van der Waals surface area (Å²) < 4.78 is 2.09. The Morgan fingerprint density at radius 3 is 2.88 bits per heavy atom. The number of fused-ring (bicyclic) bond motifs is 1. The highest BCUT2D eigenvalue weighted by Gasteiger charge is 2.29. The highest BCUT2D eigenvalue weighted by molar-refractivity contribution is 6.39. The van der Waals surface area contributed by atoms with E-state index in [0.29, 0.717) is 18.8 Å². The predicted molar refractivity (Wildman–Crippen MR) is 97.2 cm³/mol. The number of benzene rings is 1. The SMILES string of the molecule is CCn1ccc2ccc(NC(=O)C(=O)N3CCCC(C(C)O)C3)cc21. The van der Waals surface area contributed by atoms with Gasteiger partial charge in [0.15, 0.2) is 0 Å². The third-order valence-corrected chi connectivity index (χ3v) is 4.99. The summed E-state index contributed by atoms with van der Waals surface area (Å²) in [6.07, 6.45) is 3.23. The molecule has 0 saturated carbocycles. The van der Waals surface area contributed by atoms with Crippen molar-refractivity contribution in [1.29, 1.82) is 0 Å². The van der Waals surface area contributed by atoms with Crippen LogP contribution in [0.2, 0.25) is 0 Å². The van der Waals surface area contributed by atoms with E-state index in [0.717, 1.165) is 30.3 Å². The van der Waals surface area contributed by atoms with E-state index in [1.807, 2.05) is 30.5 Å². The van der Waals surface area contributed by atoms with Gasteiger partial charge in [-0.2, -0.15) is 0 Å². The minimum Gasteiger partial charge on any atom is -0.393 e. The van der Waals surface area contributed by atoms with E-state index in [9.17, 15) is 14.7 Å². The second-order valence-corrected chi connectivity index (χ2v) is 6.72. The van der Waals surface area contributed by atoms with E-state index in [4.69, 9.17) is 0 Å². The summed E-state index contributed by atoms with van der Waals surface area (Å²) in [5.41, 5.74) is 1.64. The summed E-state index contributed by atoms with van der Waals surface area (Å²) in [5, 5.41) is 13.5. The molecule has 6 heteroatoms. The highest BCUT2D eigenvalue weighted by Crippen LogP contribution is 2.22. The number of anilines is 1. The van der Waals surface area contributed by atoms with Crippen molar-refractivity contribution in [2.24, 2.45) is 5.92 Å². The van der Waals surface area contributed by atoms with Gasteiger partial charge in [-0.25, -0.2) is 0 Å². The van der Waals surface area contributed by atoms with Crippen LogP contribution in [0.3, 0.4) is 0 Å². The molecule has 0 spiro atoms. The smallest absolute Gasteiger partial charge is 0.313 e. The molecule has 2 heterocycles. The molecule has 2 atom stereocenters. The lowest BCUT2D eigenvalue weighted by molar-refractivity contribution is -0.144. The quantitative estimate of drug-likeness (QED) is 0.839. The van der Waals surface area contributed by atoms with Crippen LogP contribution in [0.1, 0.15) is 26.7 Å². The first-order valence-electron chi connectivity index (χ1n) is 8.86. The molecule has 134 valence electrons. The number of carbonyl (C=O) groups is 2. The van der Waals surface area contributed by atoms with E-state index >= 15 is 0 Å². The number of amides is 2. The number of likely N-dealkylation sites (tertiary alicyclic amines) is 1. The Kier molecular flexibility index (Phi) is 5.08. The molecular weight excluding hydrogens is 318 g/mol. The fourth-order valence-electron chi connectivity index (χ4n) is 3.45. The van der Waals surface area contributed by atoms with Crippen molar-refractivity contribution in [2.45, 2.75) is 39.3 Å². The first kappa shape index (κ1) is 17.5. The van der Waals surface area contributed by atoms with Gasteiger partial charge >= 0.3 is 11.8 Å². The number of aliphatic hydroxyl groups is 1. The number of hydrogen-bond donors (Lipinski definition) is 2. The van der Waals surface area contributed by atoms with Crippen LogP contribution in [0.15, 0.2) is 30.5 Å². The maximum Gasteiger partial charge on any atom is 0.313 e. The second kappa shape index (κ2) is 7.27. The standard InChI is InChI=1S/C19H25N3O3/c1-3-21-10-8-14-6-7-16(11-17(14)21)20-18(24)19(25)22-9-4-5-15(12-22)13(2)23/h6-8,10-11,13,15,23H,3-5,9,12H2,1-2H3,(H,20,24). The van der Waals surface area contributed by atoms with E-state index in [1.165, 1.54) is 0 Å². The molecule has 3 rings (SSSR count). The van der Waals surface area contributed by atoms with Crippen molar-refractivity contribution in [3.8, 4) is 0 Å². The zero-order chi connectivity index (χ0) is 18.0. The zero-order valence-electron chi connectivity index (χ0n) is 14.7. The maximum absolute atomic E-state index is 12.4. The largest absolute Gasteiger partial charge is 0.393 e. The van der Waals surface area contributed by atoms with E-state index in [2.05, 4.69) is 16.8 Å². The number of aliphatic hydroxyl groups excluding tert-OH is 1. The normalized spacial score (nSPS) is 19.0. The summed E-state index contributed by atoms with van der Waals surface area (Å²) >= 11 is 0. The van der Waals surface area contributed by atoms with Crippen molar-refractivity contribution in [1.82, 2.24) is 9.47 Å². The lowest BCUT2D eigenvalue weighted by atomic mass is 9.93. The van der Waals surface area contributed by atoms with Crippen LogP contribution in [0, 0.1) is 5.92 Å². The second-order valence-electron chi connectivity index (χ2n) is 6.72. The van der Waals surface area contributed by atoms with Gasteiger partial charge in [0.25, 0.3) is 0 Å². The van der Waals surface area contributed by atoms with Gasteiger partial charge in [0.05, 0.1) is 11.6 Å². The van der Waals surface area contributed by atoms with Crippen molar-refractivity contribution < 1.29 is 14.7 Å². The van der Waals surface area contributed by atoms with Gasteiger partial charge in [0, 0.05) is 37.4 Å². The zero-order valence-corrected chi connectivity index (χ0v) is 14.7. The number of piperidine rings is 1. The monoisotopic (exact) mass is 343 g/mol. The van der Waals surface area contributed by atoms with Crippen molar-refractivity contribution in [2.75, 3.05) is 18.4 Å². The third kappa shape index (κ3) is 3.69. The molecule has 2 amide bonds. The van der Waals surface area contributed by atoms with Crippen LogP contribution in [-0.4, -0.2) is 45.6 Å². The van der Waals surface area contributed by atoms with Crippen molar-refractivity contribution in [3.05, 3.63) is 30.5 Å². The topological polar surface area (TPSA) is 74.6 Å². The Morgan fingerprint density at radius 1 is 1.36 bits per heavy atom. The number of aryl methyl sites for hydroxylation is 1. The molecule has 2 aromatic rings. The number of nitrogens with zero attached hydrogens (tertiary/aromatic N) is 2. The first-order valence-corrected chi connectivity index (χ1v) is 8.86. The van der Waals surface area contributed by atoms with Crippen LogP contribution >= 0.6 is 0 Å². The van der Waals surface area contributed by atoms with Crippen molar-refractivity contribution in [3.63, 3.8) is 0 Å². The number of hydrogen-bond acceptors (Lipinski definition) is 3. The lowest BCUT2D eigenvalue weighted by Crippen LogP contribution is -2.47. The molecule has 0 bridgehead atoms. The average molecular weight is 343 g/mol. The van der Waals surface area contributed by atoms with Crippen LogP contribution in [0.25, 0.3) is 10.9 Å². The van der Waals surface area contributed by atoms with Gasteiger partial charge < -0.3 is 19.9 Å². The molecule has 0 radical (unpaired) electrons. The Balaban J connectivity index is 1.70. The highest BCUT2D eigenvalue weighted by atomic mass is 16.3. The van der Waals surface area contributed by atoms with E-state index in [1.54, 1.807) is 11.8 Å². The van der Waals surface area contributed by atoms with Crippen LogP contribution in [0.4, 0.5) is 5.69 Å². The van der Waals surface area contributed by atoms with Gasteiger partial charge in [-0.15, -0.1) is 0 Å². The summed E-state index contributed by atoms with van der Waals surface area (Å²) in [4.78, 5) is 26.3. The fourth-order valence-corrected chi connectivity index (χ4v) is 3.45. The van der Waals surface area contributed by atoms with Gasteiger partial charge in [0.1, 0.15) is 0 Å². The molecular formula is C19H25N3O3. The molecule has 1 aromatic carbocycles. The van der Waals surface area contributed by atoms with Gasteiger partial charge in [-0.05, 0) is 50.3 Å². The Labute approximate surface area is 147 Å². The fraction of sp³-hybridized carbons (Fsp3) is 0.474. The Hall–Kier alpha value is -2.34. The molecule has 1 aliphatic rings. The van der Waals surface area contributed by atoms with Gasteiger partial charge in [-0.3, -0.25) is 9.59 Å². The molecule has 1 saturated heterocycles. The molecule has 25 heavy (non-hydrogen) atoms. The molecule has 2 N–H and O–H groups in total. The Bertz CT molecular complexity index is 781. The molecule has 2 unspecified atom stereocenters. The van der Waals surface area contributed by atoms with Crippen LogP contribution in [-0.2, 0) is 16.1 Å². The molecule has 0 aliphatic carbocycles. The minimum absolute atomic E-state index is 0.0367. The molecule has 1 aromatic heterocycles. The van der Waals surface area contributed by atoms with Crippen LogP contribution < -0.4 is 5.32 Å². The summed E-state index contributed by atoms with van der Waals surface area (Å²) in [5.74, 6) is -1.12. The third-order valence-electron chi connectivity index (χ3n) is 4.99. The maximum atomic E-state index is 12.4. The number of aromatic nitrogens is 1.